The van der Waals surface area contributed by atoms with E-state index in [2.05, 4.69) is 5.32 Å². The van der Waals surface area contributed by atoms with Gasteiger partial charge in [-0.25, -0.2) is 0 Å². The van der Waals surface area contributed by atoms with Gasteiger partial charge in [-0.3, -0.25) is 15.0 Å². The summed E-state index contributed by atoms with van der Waals surface area (Å²) in [7, 11) is 0. The molecule has 120 valence electrons. The van der Waals surface area contributed by atoms with Gasteiger partial charge in [-0.1, -0.05) is 0 Å². The van der Waals surface area contributed by atoms with Crippen molar-refractivity contribution in [2.24, 2.45) is 0 Å². The fraction of sp³-hybridized carbons (Fsp3) is 0.846. The first-order chi connectivity index (χ1) is 9.83. The summed E-state index contributed by atoms with van der Waals surface area (Å²) in [6.07, 6.45) is 0.705. The minimum atomic E-state index is -4.13. The van der Waals surface area contributed by atoms with Crippen LogP contribution in [0, 0.1) is 10.1 Å². The van der Waals surface area contributed by atoms with Crippen LogP contribution < -0.4 is 5.32 Å². The zero-order chi connectivity index (χ0) is 15.5. The number of nitrogens with one attached hydrogen (secondary N) is 1. The molecule has 1 atom stereocenters. The summed E-state index contributed by atoms with van der Waals surface area (Å²) in [5.74, 6) is 0. The summed E-state index contributed by atoms with van der Waals surface area (Å²) in [5.41, 5.74) is 0.271. The first-order valence-electron chi connectivity index (χ1n) is 7.22. The Morgan fingerprint density at radius 1 is 1.29 bits per heavy atom. The van der Waals surface area contributed by atoms with Crippen molar-refractivity contribution in [3.05, 3.63) is 21.9 Å². The van der Waals surface area contributed by atoms with E-state index in [1.54, 1.807) is 6.08 Å². The quantitative estimate of drug-likeness (QED) is 0.639. The minimum absolute atomic E-state index is 0.202. The highest BCUT2D eigenvalue weighted by molar-refractivity contribution is 5.00. The van der Waals surface area contributed by atoms with Gasteiger partial charge in [-0.05, 0) is 44.8 Å². The Morgan fingerprint density at radius 2 is 1.95 bits per heavy atom. The van der Waals surface area contributed by atoms with E-state index >= 15 is 0 Å². The van der Waals surface area contributed by atoms with Crippen molar-refractivity contribution in [3.8, 4) is 0 Å². The lowest BCUT2D eigenvalue weighted by Gasteiger charge is -2.35. The van der Waals surface area contributed by atoms with Crippen molar-refractivity contribution >= 4 is 0 Å². The Bertz CT molecular complexity index is 404. The lowest BCUT2D eigenvalue weighted by molar-refractivity contribution is -0.429. The van der Waals surface area contributed by atoms with Gasteiger partial charge in [0.15, 0.2) is 0 Å². The largest absolute Gasteiger partial charge is 0.401 e. The van der Waals surface area contributed by atoms with E-state index < -0.39 is 12.7 Å². The molecule has 0 aromatic heterocycles. The monoisotopic (exact) mass is 307 g/mol. The summed E-state index contributed by atoms with van der Waals surface area (Å²) in [4.78, 5) is 11.7. The van der Waals surface area contributed by atoms with Gasteiger partial charge in [0.25, 0.3) is 0 Å². The van der Waals surface area contributed by atoms with Gasteiger partial charge in [0.1, 0.15) is 0 Å². The Hall–Kier alpha value is -1.15. The standard InChI is InChI=1S/C13H20F3N3O2/c14-13(15,16)9-18-7-5-11(6-8-18)17-10-1-3-12(4-2-10)19(20)21/h3,10-11,17H,1-2,4-9H2. The molecule has 1 fully saturated rings. The minimum Gasteiger partial charge on any atom is -0.311 e. The second-order valence-corrected chi connectivity index (χ2v) is 5.76. The van der Waals surface area contributed by atoms with Crippen molar-refractivity contribution in [2.45, 2.75) is 50.4 Å². The number of hydrogen-bond donors (Lipinski definition) is 1. The summed E-state index contributed by atoms with van der Waals surface area (Å²) >= 11 is 0. The molecule has 21 heavy (non-hydrogen) atoms. The Kier molecular flexibility index (Phi) is 5.21. The van der Waals surface area contributed by atoms with Crippen LogP contribution in [0.5, 0.6) is 0 Å². The molecular formula is C13H20F3N3O2. The Morgan fingerprint density at radius 3 is 2.43 bits per heavy atom. The maximum Gasteiger partial charge on any atom is 0.401 e. The number of piperidine rings is 1. The van der Waals surface area contributed by atoms with Crippen molar-refractivity contribution < 1.29 is 18.1 Å². The summed E-state index contributed by atoms with van der Waals surface area (Å²) in [6, 6.07) is 0.415. The van der Waals surface area contributed by atoms with Crippen LogP contribution in [0.25, 0.3) is 0 Å². The van der Waals surface area contributed by atoms with Gasteiger partial charge >= 0.3 is 6.18 Å². The van der Waals surface area contributed by atoms with E-state index in [1.807, 2.05) is 0 Å². The fourth-order valence-electron chi connectivity index (χ4n) is 2.98. The number of halogens is 3. The number of likely N-dealkylation sites (tertiary alicyclic amines) is 1. The fourth-order valence-corrected chi connectivity index (χ4v) is 2.98. The predicted molar refractivity (Wildman–Crippen MR) is 71.4 cm³/mol. The van der Waals surface area contributed by atoms with Crippen LogP contribution in [0.15, 0.2) is 11.8 Å². The van der Waals surface area contributed by atoms with E-state index in [9.17, 15) is 23.3 Å². The molecule has 0 spiro atoms. The SMILES string of the molecule is O=[N+]([O-])C1=CCC(NC2CCN(CC(F)(F)F)CC2)CC1. The number of nitrogens with zero attached hydrogens (tertiary/aromatic N) is 2. The lowest BCUT2D eigenvalue weighted by atomic mass is 9.96. The summed E-state index contributed by atoms with van der Waals surface area (Å²) in [5, 5.41) is 14.0. The van der Waals surface area contributed by atoms with Gasteiger partial charge in [-0.2, -0.15) is 13.2 Å². The van der Waals surface area contributed by atoms with Crippen molar-refractivity contribution in [1.29, 1.82) is 0 Å². The molecule has 1 N–H and O–H groups in total. The molecule has 0 aromatic carbocycles. The van der Waals surface area contributed by atoms with Gasteiger partial charge in [0.2, 0.25) is 5.70 Å². The lowest BCUT2D eigenvalue weighted by Crippen LogP contribution is -2.48. The van der Waals surface area contributed by atoms with Crippen molar-refractivity contribution in [3.63, 3.8) is 0 Å². The van der Waals surface area contributed by atoms with Gasteiger partial charge < -0.3 is 5.32 Å². The van der Waals surface area contributed by atoms with E-state index in [0.29, 0.717) is 38.8 Å². The molecule has 2 rings (SSSR count). The van der Waals surface area contributed by atoms with Crippen LogP contribution in [0.3, 0.4) is 0 Å². The third kappa shape index (κ3) is 5.28. The molecule has 1 aliphatic heterocycles. The molecule has 5 nitrogen and oxygen atoms in total. The Balaban J connectivity index is 1.71. The number of nitro groups is 1. The summed E-state index contributed by atoms with van der Waals surface area (Å²) < 4.78 is 36.9. The van der Waals surface area contributed by atoms with Gasteiger partial charge in [0.05, 0.1) is 11.5 Å². The smallest absolute Gasteiger partial charge is 0.311 e. The number of alkyl halides is 3. The molecule has 1 saturated heterocycles. The highest BCUT2D eigenvalue weighted by Crippen LogP contribution is 2.22. The summed E-state index contributed by atoms with van der Waals surface area (Å²) in [6.45, 7) is 0.0534. The maximum absolute atomic E-state index is 12.3. The molecule has 2 aliphatic rings. The topological polar surface area (TPSA) is 58.4 Å². The molecule has 0 saturated carbocycles. The zero-order valence-electron chi connectivity index (χ0n) is 11.7. The maximum atomic E-state index is 12.3. The second-order valence-electron chi connectivity index (χ2n) is 5.76. The van der Waals surface area contributed by atoms with Crippen LogP contribution in [0.2, 0.25) is 0 Å². The predicted octanol–water partition coefficient (Wildman–Crippen LogP) is 2.32. The molecular weight excluding hydrogens is 287 g/mol. The van der Waals surface area contributed by atoms with E-state index in [-0.39, 0.29) is 22.7 Å². The zero-order valence-corrected chi connectivity index (χ0v) is 11.7. The molecule has 0 radical (unpaired) electrons. The highest BCUT2D eigenvalue weighted by atomic mass is 19.4. The molecule has 0 aromatic rings. The average Bonchev–Trinajstić information content (AvgIpc) is 2.40. The first-order valence-corrected chi connectivity index (χ1v) is 7.22. The second kappa shape index (κ2) is 6.74. The molecule has 0 amide bonds. The highest BCUT2D eigenvalue weighted by Gasteiger charge is 2.33. The normalized spacial score (nSPS) is 25.7. The van der Waals surface area contributed by atoms with Crippen LogP contribution in [0.1, 0.15) is 32.1 Å². The number of rotatable bonds is 4. The number of hydrogen-bond acceptors (Lipinski definition) is 4. The third-order valence-electron chi connectivity index (χ3n) is 4.08. The molecule has 1 heterocycles. The van der Waals surface area contributed by atoms with E-state index in [4.69, 9.17) is 0 Å². The number of allylic oxidation sites excluding steroid dienone is 1. The van der Waals surface area contributed by atoms with Crippen LogP contribution in [0.4, 0.5) is 13.2 Å². The van der Waals surface area contributed by atoms with Crippen LogP contribution in [-0.2, 0) is 0 Å². The average molecular weight is 307 g/mol. The molecule has 1 unspecified atom stereocenters. The van der Waals surface area contributed by atoms with Crippen molar-refractivity contribution in [1.82, 2.24) is 10.2 Å². The first kappa shape index (κ1) is 16.2. The molecule has 0 bridgehead atoms. The van der Waals surface area contributed by atoms with E-state index in [1.165, 1.54) is 4.90 Å². The Labute approximate surface area is 121 Å². The van der Waals surface area contributed by atoms with Gasteiger partial charge in [0, 0.05) is 18.5 Å². The van der Waals surface area contributed by atoms with Crippen LogP contribution in [-0.4, -0.2) is 47.7 Å². The van der Waals surface area contributed by atoms with Crippen molar-refractivity contribution in [2.75, 3.05) is 19.6 Å². The van der Waals surface area contributed by atoms with Crippen LogP contribution >= 0.6 is 0 Å². The third-order valence-corrected chi connectivity index (χ3v) is 4.08. The molecule has 1 aliphatic carbocycles. The van der Waals surface area contributed by atoms with E-state index in [0.717, 1.165) is 6.42 Å². The molecule has 8 heteroatoms. The van der Waals surface area contributed by atoms with Gasteiger partial charge in [-0.15, -0.1) is 0 Å².